The van der Waals surface area contributed by atoms with Crippen LogP contribution >= 0.6 is 7.26 Å². The van der Waals surface area contributed by atoms with E-state index in [0.29, 0.717) is 0 Å². The molecule has 0 heterocycles. The summed E-state index contributed by atoms with van der Waals surface area (Å²) in [5, 5.41) is 0. The van der Waals surface area contributed by atoms with Gasteiger partial charge in [-0.15, -0.1) is 0 Å². The largest absolute Gasteiger partial charge is 0.0654 e. The molecule has 0 aliphatic rings. The Labute approximate surface area is 130 Å². The van der Waals surface area contributed by atoms with Crippen LogP contribution in [0.15, 0.2) is 0 Å². The Morgan fingerprint density at radius 1 is 0.450 bits per heavy atom. The fraction of sp³-hybridized carbons (Fsp3) is 1.00. The number of hydrogen-bond acceptors (Lipinski definition) is 0. The number of hydrogen-bond donors (Lipinski definition) is 0. The first-order valence-corrected chi connectivity index (χ1v) is 12.1. The molecule has 0 spiro atoms. The predicted octanol–water partition coefficient (Wildman–Crippen LogP) is 7.37. The highest BCUT2D eigenvalue weighted by Crippen LogP contribution is 2.59. The van der Waals surface area contributed by atoms with Crippen molar-refractivity contribution in [2.75, 3.05) is 24.6 Å². The van der Waals surface area contributed by atoms with Gasteiger partial charge in [-0.3, -0.25) is 0 Å². The van der Waals surface area contributed by atoms with Crippen molar-refractivity contribution in [3.05, 3.63) is 0 Å². The molecular formula is C19H42P+. The van der Waals surface area contributed by atoms with E-state index < -0.39 is 7.26 Å². The van der Waals surface area contributed by atoms with Crippen LogP contribution in [0.1, 0.15) is 98.3 Å². The quantitative estimate of drug-likeness (QED) is 0.219. The summed E-state index contributed by atoms with van der Waals surface area (Å²) >= 11 is 0. The van der Waals surface area contributed by atoms with Gasteiger partial charge >= 0.3 is 0 Å². The summed E-state index contributed by atoms with van der Waals surface area (Å²) in [4.78, 5) is 0. The molecule has 1 heteroatoms. The van der Waals surface area contributed by atoms with Crippen LogP contribution in [0.2, 0.25) is 0 Å². The molecule has 0 nitrogen and oxygen atoms in total. The van der Waals surface area contributed by atoms with Crippen LogP contribution in [-0.4, -0.2) is 24.6 Å². The summed E-state index contributed by atoms with van der Waals surface area (Å²) < 4.78 is 0. The Hall–Kier alpha value is 0.430. The molecule has 0 N–H and O–H groups in total. The Balaban J connectivity index is 3.80. The first-order valence-electron chi connectivity index (χ1n) is 9.59. The summed E-state index contributed by atoms with van der Waals surface area (Å²) in [6.07, 6.45) is 22.3. The van der Waals surface area contributed by atoms with Crippen molar-refractivity contribution in [1.82, 2.24) is 0 Å². The van der Waals surface area contributed by atoms with Crippen molar-refractivity contribution in [3.8, 4) is 0 Å². The topological polar surface area (TPSA) is 0 Å². The highest BCUT2D eigenvalue weighted by Gasteiger charge is 2.31. The fourth-order valence-corrected chi connectivity index (χ4v) is 6.97. The Morgan fingerprint density at radius 2 is 0.800 bits per heavy atom. The summed E-state index contributed by atoms with van der Waals surface area (Å²) in [5.74, 6) is 0. The molecule has 0 aromatic carbocycles. The van der Waals surface area contributed by atoms with E-state index in [0.717, 1.165) is 0 Å². The average Bonchev–Trinajstić information content (AvgIpc) is 2.48. The Bertz CT molecular complexity index is 184. The molecule has 0 aliphatic heterocycles. The molecule has 20 heavy (non-hydrogen) atoms. The van der Waals surface area contributed by atoms with Crippen molar-refractivity contribution in [3.63, 3.8) is 0 Å². The highest BCUT2D eigenvalue weighted by atomic mass is 31.2. The molecule has 0 saturated heterocycles. The normalized spacial score (nSPS) is 12.0. The van der Waals surface area contributed by atoms with Gasteiger partial charge in [0.1, 0.15) is 0 Å². The Kier molecular flexibility index (Phi) is 14.7. The minimum atomic E-state index is -0.562. The van der Waals surface area contributed by atoms with Crippen LogP contribution in [0.4, 0.5) is 0 Å². The number of rotatable bonds is 15. The minimum absolute atomic E-state index is 0.562. The molecule has 0 aliphatic carbocycles. The second-order valence-corrected chi connectivity index (χ2v) is 11.4. The van der Waals surface area contributed by atoms with Crippen molar-refractivity contribution >= 4 is 7.26 Å². The van der Waals surface area contributed by atoms with Gasteiger partial charge in [0.2, 0.25) is 0 Å². The molecule has 0 unspecified atom stereocenters. The molecule has 122 valence electrons. The Morgan fingerprint density at radius 3 is 1.15 bits per heavy atom. The van der Waals surface area contributed by atoms with Crippen molar-refractivity contribution < 1.29 is 0 Å². The van der Waals surface area contributed by atoms with Crippen LogP contribution < -0.4 is 0 Å². The average molecular weight is 302 g/mol. The van der Waals surface area contributed by atoms with Crippen LogP contribution in [0.25, 0.3) is 0 Å². The summed E-state index contributed by atoms with van der Waals surface area (Å²) in [5.41, 5.74) is 0. The molecule has 0 aromatic heterocycles. The maximum absolute atomic E-state index is 2.47. The van der Waals surface area contributed by atoms with Gasteiger partial charge in [0.15, 0.2) is 0 Å². The van der Waals surface area contributed by atoms with Crippen LogP contribution in [-0.2, 0) is 0 Å². The standard InChI is InChI=1S/C19H42P/c1-5-9-11-13-15-17-19-20(7-3,8-4)18-16-14-12-10-6-2/h5-19H2,1-4H3/q+1. The lowest BCUT2D eigenvalue weighted by Gasteiger charge is -2.25. The maximum atomic E-state index is 2.47. The summed E-state index contributed by atoms with van der Waals surface area (Å²) in [7, 11) is -0.562. The molecule has 0 radical (unpaired) electrons. The molecule has 0 rings (SSSR count). The van der Waals surface area contributed by atoms with Crippen LogP contribution in [0, 0.1) is 0 Å². The van der Waals surface area contributed by atoms with Gasteiger partial charge < -0.3 is 0 Å². The van der Waals surface area contributed by atoms with Crippen LogP contribution in [0.3, 0.4) is 0 Å². The van der Waals surface area contributed by atoms with Gasteiger partial charge in [0, 0.05) is 7.26 Å². The van der Waals surface area contributed by atoms with E-state index in [9.17, 15) is 0 Å². The van der Waals surface area contributed by atoms with Crippen molar-refractivity contribution in [1.29, 1.82) is 0 Å². The van der Waals surface area contributed by atoms with E-state index in [1.807, 2.05) is 0 Å². The third-order valence-corrected chi connectivity index (χ3v) is 10.3. The number of unbranched alkanes of at least 4 members (excludes halogenated alkanes) is 9. The van der Waals surface area contributed by atoms with Gasteiger partial charge in [0.25, 0.3) is 0 Å². The van der Waals surface area contributed by atoms with E-state index in [-0.39, 0.29) is 0 Å². The van der Waals surface area contributed by atoms with Crippen LogP contribution in [0.5, 0.6) is 0 Å². The molecule has 0 aromatic rings. The van der Waals surface area contributed by atoms with Gasteiger partial charge in [-0.1, -0.05) is 58.8 Å². The minimum Gasteiger partial charge on any atom is -0.0654 e. The van der Waals surface area contributed by atoms with Gasteiger partial charge in [-0.2, -0.15) is 0 Å². The molecule has 0 amide bonds. The van der Waals surface area contributed by atoms with Crippen molar-refractivity contribution in [2.45, 2.75) is 98.3 Å². The molecule has 0 saturated carbocycles. The monoisotopic (exact) mass is 301 g/mol. The lowest BCUT2D eigenvalue weighted by Crippen LogP contribution is -2.09. The third kappa shape index (κ3) is 10.2. The lowest BCUT2D eigenvalue weighted by molar-refractivity contribution is 0.624. The zero-order valence-electron chi connectivity index (χ0n) is 15.1. The second-order valence-electron chi connectivity index (χ2n) is 6.60. The predicted molar refractivity (Wildman–Crippen MR) is 99.9 cm³/mol. The second kappa shape index (κ2) is 14.4. The maximum Gasteiger partial charge on any atom is 0.0594 e. The van der Waals surface area contributed by atoms with Crippen molar-refractivity contribution in [2.24, 2.45) is 0 Å². The van der Waals surface area contributed by atoms with E-state index in [2.05, 4.69) is 27.7 Å². The van der Waals surface area contributed by atoms with E-state index >= 15 is 0 Å². The summed E-state index contributed by atoms with van der Waals surface area (Å²) in [6, 6.07) is 0. The van der Waals surface area contributed by atoms with Gasteiger partial charge in [0.05, 0.1) is 24.6 Å². The highest BCUT2D eigenvalue weighted by molar-refractivity contribution is 7.75. The van der Waals surface area contributed by atoms with E-state index in [4.69, 9.17) is 0 Å². The first kappa shape index (κ1) is 20.4. The lowest BCUT2D eigenvalue weighted by atomic mass is 10.1. The molecule has 0 bridgehead atoms. The SMILES string of the molecule is CCCCCCCC[P+](CC)(CC)CCCCCCC. The molecule has 0 atom stereocenters. The fourth-order valence-electron chi connectivity index (χ4n) is 3.25. The molecule has 0 fully saturated rings. The first-order chi connectivity index (χ1) is 9.74. The smallest absolute Gasteiger partial charge is 0.0594 e. The zero-order valence-corrected chi connectivity index (χ0v) is 15.9. The zero-order chi connectivity index (χ0) is 15.1. The van der Waals surface area contributed by atoms with E-state index in [1.54, 1.807) is 12.3 Å². The summed E-state index contributed by atoms with van der Waals surface area (Å²) in [6.45, 7) is 9.57. The molecular weight excluding hydrogens is 259 g/mol. The van der Waals surface area contributed by atoms with Gasteiger partial charge in [-0.25, -0.2) is 0 Å². The van der Waals surface area contributed by atoms with Gasteiger partial charge in [-0.05, 0) is 39.5 Å². The van der Waals surface area contributed by atoms with E-state index in [1.165, 1.54) is 83.0 Å². The third-order valence-electron chi connectivity index (χ3n) is 5.06.